The van der Waals surface area contributed by atoms with Gasteiger partial charge in [-0.25, -0.2) is 13.4 Å². The molecule has 0 saturated carbocycles. The van der Waals surface area contributed by atoms with Crippen LogP contribution in [0, 0.1) is 5.41 Å². The largest absolute Gasteiger partial charge is 0.369 e. The first-order valence-electron chi connectivity index (χ1n) is 6.56. The predicted molar refractivity (Wildman–Crippen MR) is 75.6 cm³/mol. The Kier molecular flexibility index (Phi) is 3.82. The van der Waals surface area contributed by atoms with Crippen molar-refractivity contribution in [2.45, 2.75) is 32.1 Å². The van der Waals surface area contributed by atoms with Crippen molar-refractivity contribution >= 4 is 15.8 Å². The maximum absolute atomic E-state index is 12.7. The van der Waals surface area contributed by atoms with Crippen molar-refractivity contribution in [3.63, 3.8) is 0 Å². The molecule has 19 heavy (non-hydrogen) atoms. The number of hydrogen-bond donors (Lipinski definition) is 1. The van der Waals surface area contributed by atoms with Gasteiger partial charge in [0, 0.05) is 25.8 Å². The summed E-state index contributed by atoms with van der Waals surface area (Å²) in [7, 11) is -3.45. The fraction of sp³-hybridized carbons (Fsp3) is 0.615. The van der Waals surface area contributed by atoms with Crippen molar-refractivity contribution < 1.29 is 8.42 Å². The zero-order chi connectivity index (χ0) is 14.1. The molecule has 6 heteroatoms. The Balaban J connectivity index is 2.35. The highest BCUT2D eigenvalue weighted by Crippen LogP contribution is 2.33. The predicted octanol–water partition coefficient (Wildman–Crippen LogP) is 1.93. The number of sulfonamides is 1. The zero-order valence-corrected chi connectivity index (χ0v) is 12.5. The van der Waals surface area contributed by atoms with Gasteiger partial charge in [-0.3, -0.25) is 0 Å². The van der Waals surface area contributed by atoms with Crippen LogP contribution in [0.1, 0.15) is 27.2 Å². The molecule has 1 aromatic rings. The first-order chi connectivity index (χ1) is 8.87. The van der Waals surface area contributed by atoms with Gasteiger partial charge >= 0.3 is 0 Å². The van der Waals surface area contributed by atoms with Crippen LogP contribution in [0.3, 0.4) is 0 Å². The van der Waals surface area contributed by atoms with E-state index in [1.54, 1.807) is 22.6 Å². The first-order valence-corrected chi connectivity index (χ1v) is 8.00. The average Bonchev–Trinajstić information content (AvgIpc) is 2.71. The summed E-state index contributed by atoms with van der Waals surface area (Å²) in [5.41, 5.74) is 0.0492. The lowest BCUT2D eigenvalue weighted by molar-refractivity contribution is 0.375. The van der Waals surface area contributed by atoms with E-state index in [2.05, 4.69) is 24.1 Å². The third-order valence-electron chi connectivity index (χ3n) is 3.38. The fourth-order valence-electron chi connectivity index (χ4n) is 2.31. The van der Waals surface area contributed by atoms with Crippen LogP contribution in [0.25, 0.3) is 0 Å². The zero-order valence-electron chi connectivity index (χ0n) is 11.7. The molecule has 1 saturated heterocycles. The van der Waals surface area contributed by atoms with E-state index in [0.717, 1.165) is 6.42 Å². The fourth-order valence-corrected chi connectivity index (χ4v) is 4.06. The molecule has 1 fully saturated rings. The molecule has 0 aliphatic carbocycles. The Morgan fingerprint density at radius 1 is 1.47 bits per heavy atom. The normalized spacial score (nSPS) is 19.5. The van der Waals surface area contributed by atoms with E-state index < -0.39 is 10.0 Å². The monoisotopic (exact) mass is 283 g/mol. The highest BCUT2D eigenvalue weighted by atomic mass is 32.2. The second-order valence-electron chi connectivity index (χ2n) is 5.63. The summed E-state index contributed by atoms with van der Waals surface area (Å²) >= 11 is 0. The van der Waals surface area contributed by atoms with Gasteiger partial charge in [0.2, 0.25) is 10.0 Å². The van der Waals surface area contributed by atoms with Gasteiger partial charge in [-0.15, -0.1) is 0 Å². The van der Waals surface area contributed by atoms with Crippen LogP contribution >= 0.6 is 0 Å². The molecule has 2 heterocycles. The number of hydrogen-bond acceptors (Lipinski definition) is 4. The third-order valence-corrected chi connectivity index (χ3v) is 5.25. The van der Waals surface area contributed by atoms with E-state index in [0.29, 0.717) is 25.5 Å². The molecule has 1 aliphatic rings. The Bertz CT molecular complexity index is 555. The van der Waals surface area contributed by atoms with Crippen LogP contribution in [0.2, 0.25) is 0 Å². The first kappa shape index (κ1) is 14.3. The Morgan fingerprint density at radius 2 is 2.21 bits per heavy atom. The molecule has 0 amide bonds. The lowest BCUT2D eigenvalue weighted by atomic mass is 9.93. The summed E-state index contributed by atoms with van der Waals surface area (Å²) in [5, 5.41) is 3.01. The maximum atomic E-state index is 12.7. The molecule has 0 atom stereocenters. The molecule has 5 nitrogen and oxygen atoms in total. The molecule has 1 N–H and O–H groups in total. The van der Waals surface area contributed by atoms with E-state index in [9.17, 15) is 8.42 Å². The Hall–Kier alpha value is -1.14. The van der Waals surface area contributed by atoms with Gasteiger partial charge in [-0.05, 0) is 30.9 Å². The van der Waals surface area contributed by atoms with Gasteiger partial charge < -0.3 is 5.32 Å². The van der Waals surface area contributed by atoms with Crippen LogP contribution in [0.15, 0.2) is 23.2 Å². The Labute approximate surface area is 115 Å². The SMILES string of the molecule is CCNc1ncccc1S(=O)(=O)N1CCC(C)(C)C1. The smallest absolute Gasteiger partial charge is 0.246 e. The van der Waals surface area contributed by atoms with Crippen molar-refractivity contribution in [1.82, 2.24) is 9.29 Å². The van der Waals surface area contributed by atoms with Crippen LogP contribution in [0.4, 0.5) is 5.82 Å². The summed E-state index contributed by atoms with van der Waals surface area (Å²) < 4.78 is 26.9. The number of nitrogens with one attached hydrogen (secondary N) is 1. The molecular weight excluding hydrogens is 262 g/mol. The maximum Gasteiger partial charge on any atom is 0.246 e. The Morgan fingerprint density at radius 3 is 2.79 bits per heavy atom. The summed E-state index contributed by atoms with van der Waals surface area (Å²) in [4.78, 5) is 4.40. The average molecular weight is 283 g/mol. The van der Waals surface area contributed by atoms with Crippen LogP contribution in [-0.4, -0.2) is 37.3 Å². The van der Waals surface area contributed by atoms with E-state index in [-0.39, 0.29) is 10.3 Å². The minimum Gasteiger partial charge on any atom is -0.369 e. The van der Waals surface area contributed by atoms with E-state index in [1.807, 2.05) is 6.92 Å². The summed E-state index contributed by atoms with van der Waals surface area (Å²) in [6, 6.07) is 3.28. The third kappa shape index (κ3) is 2.90. The van der Waals surface area contributed by atoms with E-state index in [4.69, 9.17) is 0 Å². The number of anilines is 1. The van der Waals surface area contributed by atoms with E-state index >= 15 is 0 Å². The molecule has 0 spiro atoms. The number of nitrogens with zero attached hydrogens (tertiary/aromatic N) is 2. The highest BCUT2D eigenvalue weighted by Gasteiger charge is 2.37. The van der Waals surface area contributed by atoms with Crippen LogP contribution in [-0.2, 0) is 10.0 Å². The molecule has 0 aromatic carbocycles. The van der Waals surface area contributed by atoms with Crippen molar-refractivity contribution in [2.24, 2.45) is 5.41 Å². The number of pyridine rings is 1. The molecule has 0 unspecified atom stereocenters. The van der Waals surface area contributed by atoms with Gasteiger partial charge in [0.1, 0.15) is 10.7 Å². The van der Waals surface area contributed by atoms with Crippen molar-refractivity contribution in [3.05, 3.63) is 18.3 Å². The second-order valence-corrected chi connectivity index (χ2v) is 7.54. The van der Waals surface area contributed by atoms with Gasteiger partial charge in [-0.2, -0.15) is 4.31 Å². The van der Waals surface area contributed by atoms with Crippen LogP contribution in [0.5, 0.6) is 0 Å². The topological polar surface area (TPSA) is 62.3 Å². The summed E-state index contributed by atoms with van der Waals surface area (Å²) in [5.74, 6) is 0.440. The summed E-state index contributed by atoms with van der Waals surface area (Å²) in [6.07, 6.45) is 2.49. The van der Waals surface area contributed by atoms with Crippen LogP contribution < -0.4 is 5.32 Å². The minimum atomic E-state index is -3.45. The molecule has 2 rings (SSSR count). The van der Waals surface area contributed by atoms with Gasteiger partial charge in [0.25, 0.3) is 0 Å². The highest BCUT2D eigenvalue weighted by molar-refractivity contribution is 7.89. The lowest BCUT2D eigenvalue weighted by Gasteiger charge is -2.20. The molecular formula is C13H21N3O2S. The molecule has 0 bridgehead atoms. The van der Waals surface area contributed by atoms with Gasteiger partial charge in [0.05, 0.1) is 0 Å². The number of aromatic nitrogens is 1. The minimum absolute atomic E-state index is 0.0492. The standard InChI is InChI=1S/C13H21N3O2S/c1-4-14-12-11(6-5-8-15-12)19(17,18)16-9-7-13(2,3)10-16/h5-6,8H,4,7,9-10H2,1-3H3,(H,14,15). The van der Waals surface area contributed by atoms with Crippen molar-refractivity contribution in [1.29, 1.82) is 0 Å². The lowest BCUT2D eigenvalue weighted by Crippen LogP contribution is -2.31. The van der Waals surface area contributed by atoms with Gasteiger partial charge in [0.15, 0.2) is 0 Å². The molecule has 0 radical (unpaired) electrons. The molecule has 106 valence electrons. The quantitative estimate of drug-likeness (QED) is 0.917. The molecule has 1 aliphatic heterocycles. The van der Waals surface area contributed by atoms with Gasteiger partial charge in [-0.1, -0.05) is 13.8 Å². The van der Waals surface area contributed by atoms with E-state index in [1.165, 1.54) is 0 Å². The summed E-state index contributed by atoms with van der Waals surface area (Å²) in [6.45, 7) is 7.90. The molecule has 1 aromatic heterocycles. The van der Waals surface area contributed by atoms with Crippen molar-refractivity contribution in [2.75, 3.05) is 25.0 Å². The number of rotatable bonds is 4. The van der Waals surface area contributed by atoms with Crippen molar-refractivity contribution in [3.8, 4) is 0 Å². The second kappa shape index (κ2) is 5.09.